The number of rotatable bonds is 5. The summed E-state index contributed by atoms with van der Waals surface area (Å²) in [5, 5.41) is 7.92. The number of Topliss-reactive ketones (excluding diaryl/α,β-unsaturated/α-hetero) is 1. The van der Waals surface area contributed by atoms with E-state index in [9.17, 15) is 4.79 Å². The molecular formula is C9H15N3OS. The molecule has 1 unspecified atom stereocenters. The van der Waals surface area contributed by atoms with Crippen LogP contribution in [0.2, 0.25) is 0 Å². The van der Waals surface area contributed by atoms with Gasteiger partial charge in [0, 0.05) is 12.3 Å². The van der Waals surface area contributed by atoms with Crippen LogP contribution in [0.4, 0.5) is 0 Å². The standard InChI is InChI=1S/C9H15N3OS/c1-4-7(2)14-6-9(13)8-5-10-11-12(8)3/h5,7H,4,6H2,1-3H3. The average molecular weight is 213 g/mol. The van der Waals surface area contributed by atoms with Crippen molar-refractivity contribution in [3.05, 3.63) is 11.9 Å². The smallest absolute Gasteiger partial charge is 0.192 e. The fraction of sp³-hybridized carbons (Fsp3) is 0.667. The fourth-order valence-electron chi connectivity index (χ4n) is 0.952. The molecule has 1 heterocycles. The van der Waals surface area contributed by atoms with Crippen molar-refractivity contribution in [3.63, 3.8) is 0 Å². The van der Waals surface area contributed by atoms with Crippen molar-refractivity contribution in [2.24, 2.45) is 7.05 Å². The molecule has 1 rings (SSSR count). The molecule has 0 N–H and O–H groups in total. The highest BCUT2D eigenvalue weighted by atomic mass is 32.2. The summed E-state index contributed by atoms with van der Waals surface area (Å²) >= 11 is 1.67. The lowest BCUT2D eigenvalue weighted by Gasteiger charge is -2.06. The zero-order valence-corrected chi connectivity index (χ0v) is 9.54. The van der Waals surface area contributed by atoms with Crippen LogP contribution < -0.4 is 0 Å². The highest BCUT2D eigenvalue weighted by molar-refractivity contribution is 8.00. The Morgan fingerprint density at radius 2 is 2.43 bits per heavy atom. The number of carbonyl (C=O) groups is 1. The SMILES string of the molecule is CCC(C)SCC(=O)c1cnnn1C. The first-order valence-corrected chi connectivity index (χ1v) is 5.69. The molecule has 4 nitrogen and oxygen atoms in total. The first kappa shape index (κ1) is 11.2. The quantitative estimate of drug-likeness (QED) is 0.696. The van der Waals surface area contributed by atoms with Crippen molar-refractivity contribution >= 4 is 17.5 Å². The Hall–Kier alpha value is -0.840. The summed E-state index contributed by atoms with van der Waals surface area (Å²) in [4.78, 5) is 11.6. The highest BCUT2D eigenvalue weighted by Crippen LogP contribution is 2.14. The third-order valence-electron chi connectivity index (χ3n) is 2.07. The summed E-state index contributed by atoms with van der Waals surface area (Å²) < 4.78 is 1.51. The molecule has 0 saturated carbocycles. The molecule has 1 atom stereocenters. The molecule has 0 aliphatic carbocycles. The van der Waals surface area contributed by atoms with Crippen LogP contribution >= 0.6 is 11.8 Å². The van der Waals surface area contributed by atoms with Crippen molar-refractivity contribution < 1.29 is 4.79 Å². The summed E-state index contributed by atoms with van der Waals surface area (Å²) in [5.41, 5.74) is 0.584. The molecule has 0 aromatic carbocycles. The zero-order valence-electron chi connectivity index (χ0n) is 8.73. The van der Waals surface area contributed by atoms with E-state index in [1.165, 1.54) is 10.9 Å². The van der Waals surface area contributed by atoms with Crippen LogP contribution in [-0.2, 0) is 7.05 Å². The Bertz CT molecular complexity index is 311. The van der Waals surface area contributed by atoms with Crippen LogP contribution in [0.1, 0.15) is 30.8 Å². The van der Waals surface area contributed by atoms with Crippen molar-refractivity contribution in [3.8, 4) is 0 Å². The first-order valence-electron chi connectivity index (χ1n) is 4.64. The van der Waals surface area contributed by atoms with Gasteiger partial charge in [-0.15, -0.1) is 5.10 Å². The van der Waals surface area contributed by atoms with Crippen molar-refractivity contribution in [1.82, 2.24) is 15.0 Å². The number of thioether (sulfide) groups is 1. The van der Waals surface area contributed by atoms with E-state index in [1.54, 1.807) is 18.8 Å². The van der Waals surface area contributed by atoms with E-state index in [4.69, 9.17) is 0 Å². The third kappa shape index (κ3) is 2.83. The molecule has 0 radical (unpaired) electrons. The fourth-order valence-corrected chi connectivity index (χ4v) is 1.77. The second-order valence-corrected chi connectivity index (χ2v) is 4.62. The molecule has 1 aromatic rings. The topological polar surface area (TPSA) is 47.8 Å². The monoisotopic (exact) mass is 213 g/mol. The number of ketones is 1. The predicted molar refractivity (Wildman–Crippen MR) is 57.5 cm³/mol. The maximum atomic E-state index is 11.6. The largest absolute Gasteiger partial charge is 0.291 e. The molecule has 0 fully saturated rings. The minimum atomic E-state index is 0.0998. The summed E-state index contributed by atoms with van der Waals surface area (Å²) in [5.74, 6) is 0.610. The van der Waals surface area contributed by atoms with Gasteiger partial charge in [-0.3, -0.25) is 4.79 Å². The summed E-state index contributed by atoms with van der Waals surface area (Å²) in [6, 6.07) is 0. The predicted octanol–water partition coefficient (Wildman–Crippen LogP) is 1.53. The lowest BCUT2D eigenvalue weighted by atomic mass is 10.3. The van der Waals surface area contributed by atoms with Gasteiger partial charge in [0.1, 0.15) is 5.69 Å². The van der Waals surface area contributed by atoms with E-state index >= 15 is 0 Å². The van der Waals surface area contributed by atoms with E-state index in [0.717, 1.165) is 6.42 Å². The summed E-state index contributed by atoms with van der Waals surface area (Å²) in [6.45, 7) is 4.24. The molecule has 0 amide bonds. The van der Waals surface area contributed by atoms with Gasteiger partial charge in [-0.1, -0.05) is 19.1 Å². The molecule has 0 bridgehead atoms. The van der Waals surface area contributed by atoms with Gasteiger partial charge in [0.25, 0.3) is 0 Å². The number of hydrogen-bond acceptors (Lipinski definition) is 4. The van der Waals surface area contributed by atoms with Crippen LogP contribution in [0.15, 0.2) is 6.20 Å². The van der Waals surface area contributed by atoms with Crippen LogP contribution in [0, 0.1) is 0 Å². The molecule has 0 saturated heterocycles. The van der Waals surface area contributed by atoms with Crippen LogP contribution in [0.5, 0.6) is 0 Å². The van der Waals surface area contributed by atoms with E-state index in [-0.39, 0.29) is 5.78 Å². The molecule has 78 valence electrons. The van der Waals surface area contributed by atoms with E-state index < -0.39 is 0 Å². The van der Waals surface area contributed by atoms with E-state index in [0.29, 0.717) is 16.7 Å². The number of hydrogen-bond donors (Lipinski definition) is 0. The van der Waals surface area contributed by atoms with Gasteiger partial charge in [0.2, 0.25) is 0 Å². The first-order chi connectivity index (χ1) is 6.65. The van der Waals surface area contributed by atoms with E-state index in [2.05, 4.69) is 24.2 Å². The molecular weight excluding hydrogens is 198 g/mol. The Morgan fingerprint density at radius 1 is 1.71 bits per heavy atom. The molecule has 0 aliphatic rings. The molecule has 0 aliphatic heterocycles. The second kappa shape index (κ2) is 5.14. The molecule has 5 heteroatoms. The minimum Gasteiger partial charge on any atom is -0.291 e. The zero-order chi connectivity index (χ0) is 10.6. The Kier molecular flexibility index (Phi) is 4.13. The van der Waals surface area contributed by atoms with Gasteiger partial charge in [0.15, 0.2) is 5.78 Å². The van der Waals surface area contributed by atoms with E-state index in [1.807, 2.05) is 0 Å². The van der Waals surface area contributed by atoms with Gasteiger partial charge in [-0.25, -0.2) is 4.68 Å². The summed E-state index contributed by atoms with van der Waals surface area (Å²) in [6.07, 6.45) is 2.60. The van der Waals surface area contributed by atoms with Crippen molar-refractivity contribution in [1.29, 1.82) is 0 Å². The van der Waals surface area contributed by atoms with Gasteiger partial charge < -0.3 is 0 Å². The second-order valence-electron chi connectivity index (χ2n) is 3.20. The Labute approximate surface area is 88.1 Å². The van der Waals surface area contributed by atoms with Gasteiger partial charge in [-0.2, -0.15) is 11.8 Å². The number of carbonyl (C=O) groups excluding carboxylic acids is 1. The number of aromatic nitrogens is 3. The van der Waals surface area contributed by atoms with Crippen molar-refractivity contribution in [2.75, 3.05) is 5.75 Å². The lowest BCUT2D eigenvalue weighted by molar-refractivity contribution is 0.101. The third-order valence-corrected chi connectivity index (χ3v) is 3.41. The Balaban J connectivity index is 2.47. The van der Waals surface area contributed by atoms with Gasteiger partial charge in [0.05, 0.1) is 11.9 Å². The maximum Gasteiger partial charge on any atom is 0.192 e. The Morgan fingerprint density at radius 3 is 2.93 bits per heavy atom. The van der Waals surface area contributed by atoms with Gasteiger partial charge in [-0.05, 0) is 6.42 Å². The highest BCUT2D eigenvalue weighted by Gasteiger charge is 2.12. The molecule has 14 heavy (non-hydrogen) atoms. The lowest BCUT2D eigenvalue weighted by Crippen LogP contribution is -2.11. The minimum absolute atomic E-state index is 0.0998. The normalized spacial score (nSPS) is 12.8. The summed E-state index contributed by atoms with van der Waals surface area (Å²) in [7, 11) is 1.73. The molecule has 1 aromatic heterocycles. The average Bonchev–Trinajstić information content (AvgIpc) is 2.60. The van der Waals surface area contributed by atoms with Crippen LogP contribution in [0.25, 0.3) is 0 Å². The van der Waals surface area contributed by atoms with Crippen molar-refractivity contribution in [2.45, 2.75) is 25.5 Å². The maximum absolute atomic E-state index is 11.6. The number of aryl methyl sites for hydroxylation is 1. The van der Waals surface area contributed by atoms with Crippen LogP contribution in [-0.4, -0.2) is 31.8 Å². The molecule has 0 spiro atoms. The number of nitrogens with zero attached hydrogens (tertiary/aromatic N) is 3. The van der Waals surface area contributed by atoms with Gasteiger partial charge >= 0.3 is 0 Å². The van der Waals surface area contributed by atoms with Crippen LogP contribution in [0.3, 0.4) is 0 Å².